The summed E-state index contributed by atoms with van der Waals surface area (Å²) in [4.78, 5) is 2.67. The van der Waals surface area contributed by atoms with Crippen molar-refractivity contribution in [1.82, 2.24) is 10.2 Å². The number of hydrogen-bond acceptors (Lipinski definition) is 3. The van der Waals surface area contributed by atoms with Crippen molar-refractivity contribution in [3.63, 3.8) is 0 Å². The number of alkyl halides is 3. The molecule has 0 radical (unpaired) electrons. The monoisotopic (exact) mass is 354 g/mol. The number of benzene rings is 1. The number of rotatable bonds is 5. The Morgan fingerprint density at radius 2 is 1.77 bits per heavy atom. The van der Waals surface area contributed by atoms with Crippen molar-refractivity contribution in [3.8, 4) is 0 Å². The third-order valence-corrected chi connectivity index (χ3v) is 4.39. The van der Waals surface area contributed by atoms with Crippen LogP contribution in [-0.2, 0) is 0 Å². The molecule has 1 saturated heterocycles. The van der Waals surface area contributed by atoms with E-state index in [2.05, 4.69) is 17.1 Å². The van der Waals surface area contributed by atoms with Crippen LogP contribution in [0.5, 0.6) is 0 Å². The third kappa shape index (κ3) is 5.99. The smallest absolute Gasteiger partial charge is 0.314 e. The van der Waals surface area contributed by atoms with Crippen molar-refractivity contribution in [2.75, 3.05) is 26.2 Å². The molecule has 22 heavy (non-hydrogen) atoms. The van der Waals surface area contributed by atoms with Crippen molar-refractivity contribution in [2.45, 2.75) is 36.2 Å². The van der Waals surface area contributed by atoms with Crippen LogP contribution >= 0.6 is 24.2 Å². The lowest BCUT2D eigenvalue weighted by atomic mass is 10.00. The van der Waals surface area contributed by atoms with Crippen LogP contribution in [0.1, 0.15) is 31.4 Å². The lowest BCUT2D eigenvalue weighted by molar-refractivity contribution is -0.0328. The summed E-state index contributed by atoms with van der Waals surface area (Å²) in [7, 11) is 0. The van der Waals surface area contributed by atoms with Gasteiger partial charge in [0.15, 0.2) is 0 Å². The second-order valence-electron chi connectivity index (χ2n) is 5.21. The highest BCUT2D eigenvalue weighted by Gasteiger charge is 2.29. The first-order chi connectivity index (χ1) is 9.99. The summed E-state index contributed by atoms with van der Waals surface area (Å²) in [5.74, 6) is 0. The minimum Gasteiger partial charge on any atom is -0.314 e. The van der Waals surface area contributed by atoms with Gasteiger partial charge in [0.05, 0.1) is 0 Å². The fraction of sp³-hybridized carbons (Fsp3) is 0.600. The zero-order chi connectivity index (χ0) is 15.3. The van der Waals surface area contributed by atoms with E-state index in [0.29, 0.717) is 6.04 Å². The minimum absolute atomic E-state index is 0. The Bertz CT molecular complexity index is 433. The highest BCUT2D eigenvalue weighted by molar-refractivity contribution is 8.00. The number of halogens is 4. The number of piperazine rings is 1. The quantitative estimate of drug-likeness (QED) is 0.785. The zero-order valence-corrected chi connectivity index (χ0v) is 14.2. The van der Waals surface area contributed by atoms with Gasteiger partial charge in [-0.05, 0) is 35.9 Å². The molecule has 1 aliphatic heterocycles. The molecule has 2 nitrogen and oxygen atoms in total. The van der Waals surface area contributed by atoms with E-state index in [9.17, 15) is 13.2 Å². The molecule has 1 aliphatic rings. The molecule has 0 saturated carbocycles. The first kappa shape index (κ1) is 19.6. The number of nitrogens with zero attached hydrogens (tertiary/aromatic N) is 1. The van der Waals surface area contributed by atoms with E-state index in [4.69, 9.17) is 0 Å². The summed E-state index contributed by atoms with van der Waals surface area (Å²) in [5.41, 5.74) is -3.10. The standard InChI is InChI=1S/C15H21F3N2S.ClH/c1-2-3-14(20-10-8-19-9-11-20)12-4-6-13(7-5-12)21-15(16,17)18;/h4-7,14,19H,2-3,8-11H2,1H3;1H/t14-;/m1./s1. The van der Waals surface area contributed by atoms with Crippen molar-refractivity contribution >= 4 is 24.2 Å². The lowest BCUT2D eigenvalue weighted by Gasteiger charge is -2.35. The molecule has 1 aromatic carbocycles. The Hall–Kier alpha value is -0.430. The van der Waals surface area contributed by atoms with Gasteiger partial charge in [0, 0.05) is 37.1 Å². The van der Waals surface area contributed by atoms with Gasteiger partial charge in [0.2, 0.25) is 0 Å². The molecule has 1 N–H and O–H groups in total. The molecule has 0 bridgehead atoms. The predicted molar refractivity (Wildman–Crippen MR) is 87.7 cm³/mol. The molecule has 0 aliphatic carbocycles. The minimum atomic E-state index is -4.22. The summed E-state index contributed by atoms with van der Waals surface area (Å²) >= 11 is -0.0535. The van der Waals surface area contributed by atoms with Gasteiger partial charge in [-0.3, -0.25) is 4.90 Å². The predicted octanol–water partition coefficient (Wildman–Crippen LogP) is 4.47. The highest BCUT2D eigenvalue weighted by Crippen LogP contribution is 2.37. The lowest BCUT2D eigenvalue weighted by Crippen LogP contribution is -2.45. The van der Waals surface area contributed by atoms with Crippen LogP contribution in [0.15, 0.2) is 29.2 Å². The average Bonchev–Trinajstić information content (AvgIpc) is 2.45. The van der Waals surface area contributed by atoms with E-state index in [1.54, 1.807) is 12.1 Å². The van der Waals surface area contributed by atoms with Crippen LogP contribution in [-0.4, -0.2) is 36.6 Å². The Labute approximate surface area is 140 Å². The second-order valence-corrected chi connectivity index (χ2v) is 6.35. The molecule has 1 heterocycles. The molecule has 1 atom stereocenters. The van der Waals surface area contributed by atoms with Gasteiger partial charge < -0.3 is 5.32 Å². The summed E-state index contributed by atoms with van der Waals surface area (Å²) in [6.45, 7) is 6.07. The molecule has 126 valence electrons. The Balaban J connectivity index is 0.00000242. The fourth-order valence-corrected chi connectivity index (χ4v) is 3.26. The molecule has 0 unspecified atom stereocenters. The van der Waals surface area contributed by atoms with Gasteiger partial charge in [0.25, 0.3) is 0 Å². The van der Waals surface area contributed by atoms with Gasteiger partial charge >= 0.3 is 5.51 Å². The van der Waals surface area contributed by atoms with E-state index < -0.39 is 5.51 Å². The van der Waals surface area contributed by atoms with Crippen LogP contribution in [0.2, 0.25) is 0 Å². The topological polar surface area (TPSA) is 15.3 Å². The number of nitrogens with one attached hydrogen (secondary N) is 1. The van der Waals surface area contributed by atoms with Crippen LogP contribution in [0.3, 0.4) is 0 Å². The van der Waals surface area contributed by atoms with Crippen LogP contribution < -0.4 is 5.32 Å². The average molecular weight is 355 g/mol. The van der Waals surface area contributed by atoms with E-state index in [1.807, 2.05) is 12.1 Å². The van der Waals surface area contributed by atoms with E-state index in [0.717, 1.165) is 44.6 Å². The fourth-order valence-electron chi connectivity index (χ4n) is 2.72. The summed E-state index contributed by atoms with van der Waals surface area (Å²) in [5, 5.41) is 3.33. The maximum atomic E-state index is 12.4. The largest absolute Gasteiger partial charge is 0.446 e. The molecule has 7 heteroatoms. The highest BCUT2D eigenvalue weighted by atomic mass is 35.5. The Morgan fingerprint density at radius 3 is 2.27 bits per heavy atom. The number of hydrogen-bond donors (Lipinski definition) is 1. The maximum Gasteiger partial charge on any atom is 0.446 e. The van der Waals surface area contributed by atoms with Gasteiger partial charge in [-0.1, -0.05) is 25.5 Å². The summed E-state index contributed by atoms with van der Waals surface area (Å²) in [6, 6.07) is 7.16. The Morgan fingerprint density at radius 1 is 1.18 bits per heavy atom. The Kier molecular flexibility index (Phi) is 8.03. The van der Waals surface area contributed by atoms with Gasteiger partial charge in [-0.2, -0.15) is 13.2 Å². The van der Waals surface area contributed by atoms with E-state index >= 15 is 0 Å². The van der Waals surface area contributed by atoms with Crippen LogP contribution in [0, 0.1) is 0 Å². The first-order valence-corrected chi connectivity index (χ1v) is 8.11. The van der Waals surface area contributed by atoms with Crippen LogP contribution in [0.25, 0.3) is 0 Å². The molecular formula is C15H22ClF3N2S. The number of thioether (sulfide) groups is 1. The maximum absolute atomic E-state index is 12.4. The molecule has 0 amide bonds. The first-order valence-electron chi connectivity index (χ1n) is 7.30. The van der Waals surface area contributed by atoms with E-state index in [1.165, 1.54) is 0 Å². The summed E-state index contributed by atoms with van der Waals surface area (Å²) in [6.07, 6.45) is 2.10. The molecule has 1 aromatic rings. The second kappa shape index (κ2) is 9.01. The van der Waals surface area contributed by atoms with E-state index in [-0.39, 0.29) is 29.1 Å². The SMILES string of the molecule is CCC[C@H](c1ccc(SC(F)(F)F)cc1)N1CCNCC1.Cl. The molecule has 0 spiro atoms. The van der Waals surface area contributed by atoms with Crippen molar-refractivity contribution < 1.29 is 13.2 Å². The van der Waals surface area contributed by atoms with Crippen LogP contribution in [0.4, 0.5) is 13.2 Å². The van der Waals surface area contributed by atoms with Gasteiger partial charge in [-0.25, -0.2) is 0 Å². The zero-order valence-electron chi connectivity index (χ0n) is 12.5. The third-order valence-electron chi connectivity index (χ3n) is 3.65. The molecule has 2 rings (SSSR count). The normalized spacial score (nSPS) is 17.8. The van der Waals surface area contributed by atoms with Crippen molar-refractivity contribution in [2.24, 2.45) is 0 Å². The van der Waals surface area contributed by atoms with Gasteiger partial charge in [0.1, 0.15) is 0 Å². The van der Waals surface area contributed by atoms with Gasteiger partial charge in [-0.15, -0.1) is 12.4 Å². The summed E-state index contributed by atoms with van der Waals surface area (Å²) < 4.78 is 37.1. The molecule has 0 aromatic heterocycles. The molecule has 1 fully saturated rings. The molecular weight excluding hydrogens is 333 g/mol. The van der Waals surface area contributed by atoms with Crippen molar-refractivity contribution in [3.05, 3.63) is 29.8 Å². The van der Waals surface area contributed by atoms with Crippen molar-refractivity contribution in [1.29, 1.82) is 0 Å².